The molecule has 1 aliphatic carbocycles. The molecular weight excluding hydrogens is 319 g/mol. The second-order valence-electron chi connectivity index (χ2n) is 3.73. The van der Waals surface area contributed by atoms with Crippen LogP contribution in [0.5, 0.6) is 0 Å². The predicted molar refractivity (Wildman–Crippen MR) is 70.0 cm³/mol. The van der Waals surface area contributed by atoms with E-state index in [-0.39, 0.29) is 0 Å². The van der Waals surface area contributed by atoms with E-state index in [0.717, 1.165) is 5.01 Å². The van der Waals surface area contributed by atoms with Crippen LogP contribution in [0.4, 0.5) is 0 Å². The third-order valence-electron chi connectivity index (χ3n) is 2.44. The van der Waals surface area contributed by atoms with Crippen LogP contribution in [0.25, 0.3) is 10.6 Å². The van der Waals surface area contributed by atoms with E-state index >= 15 is 0 Å². The van der Waals surface area contributed by atoms with Crippen molar-refractivity contribution in [2.75, 3.05) is 0 Å². The van der Waals surface area contributed by atoms with Crippen molar-refractivity contribution in [1.82, 2.24) is 10.2 Å². The summed E-state index contributed by atoms with van der Waals surface area (Å²) in [5.74, 6) is 0.707. The van der Waals surface area contributed by atoms with E-state index in [1.165, 1.54) is 27.0 Å². The summed E-state index contributed by atoms with van der Waals surface area (Å²) < 4.78 is 1.24. The molecule has 4 heteroatoms. The minimum absolute atomic E-state index is 0.707. The van der Waals surface area contributed by atoms with Crippen molar-refractivity contribution in [3.8, 4) is 10.6 Å². The minimum Gasteiger partial charge on any atom is -0.143 e. The predicted octanol–water partition coefficient (Wildman–Crippen LogP) is 3.69. The molecule has 0 unspecified atom stereocenters. The van der Waals surface area contributed by atoms with Gasteiger partial charge in [0.15, 0.2) is 0 Å². The van der Waals surface area contributed by atoms with E-state index in [9.17, 15) is 0 Å². The Morgan fingerprint density at radius 2 is 2.13 bits per heavy atom. The maximum atomic E-state index is 4.25. The van der Waals surface area contributed by atoms with Crippen molar-refractivity contribution in [2.45, 2.75) is 18.8 Å². The lowest BCUT2D eigenvalue weighted by Gasteiger charge is -1.94. The molecule has 1 aliphatic rings. The summed E-state index contributed by atoms with van der Waals surface area (Å²) in [6, 6.07) is 8.40. The average molecular weight is 328 g/mol. The van der Waals surface area contributed by atoms with Crippen molar-refractivity contribution in [3.05, 3.63) is 32.8 Å². The molecule has 0 bridgehead atoms. The third kappa shape index (κ3) is 2.06. The van der Waals surface area contributed by atoms with Gasteiger partial charge >= 0.3 is 0 Å². The highest BCUT2D eigenvalue weighted by Gasteiger charge is 2.27. The van der Waals surface area contributed by atoms with Crippen LogP contribution in [0.1, 0.15) is 23.8 Å². The molecule has 76 valence electrons. The highest BCUT2D eigenvalue weighted by molar-refractivity contribution is 14.1. The van der Waals surface area contributed by atoms with Crippen LogP contribution in [-0.2, 0) is 0 Å². The smallest absolute Gasteiger partial charge is 0.143 e. The quantitative estimate of drug-likeness (QED) is 0.786. The molecule has 2 nitrogen and oxygen atoms in total. The van der Waals surface area contributed by atoms with Gasteiger partial charge in [-0.05, 0) is 47.6 Å². The minimum atomic E-state index is 0.707. The zero-order chi connectivity index (χ0) is 10.3. The largest absolute Gasteiger partial charge is 0.147 e. The molecule has 0 radical (unpaired) electrons. The van der Waals surface area contributed by atoms with E-state index in [4.69, 9.17) is 0 Å². The molecule has 1 aromatic heterocycles. The summed E-state index contributed by atoms with van der Waals surface area (Å²) in [6.45, 7) is 0. The molecule has 15 heavy (non-hydrogen) atoms. The lowest BCUT2D eigenvalue weighted by molar-refractivity contribution is 0.978. The topological polar surface area (TPSA) is 25.8 Å². The van der Waals surface area contributed by atoms with E-state index in [0.29, 0.717) is 5.92 Å². The van der Waals surface area contributed by atoms with Gasteiger partial charge in [0.25, 0.3) is 0 Å². The molecule has 3 rings (SSSR count). The SMILES string of the molecule is Ic1cccc(-c2nnc(C3CC3)s2)c1. The van der Waals surface area contributed by atoms with Gasteiger partial charge < -0.3 is 0 Å². The third-order valence-corrected chi connectivity index (χ3v) is 4.24. The first kappa shape index (κ1) is 9.72. The molecule has 1 aromatic carbocycles. The van der Waals surface area contributed by atoms with Crippen molar-refractivity contribution >= 4 is 33.9 Å². The van der Waals surface area contributed by atoms with E-state index < -0.39 is 0 Å². The van der Waals surface area contributed by atoms with Crippen molar-refractivity contribution in [2.24, 2.45) is 0 Å². The lowest BCUT2D eigenvalue weighted by Crippen LogP contribution is -1.78. The Bertz CT molecular complexity index is 491. The van der Waals surface area contributed by atoms with Crippen molar-refractivity contribution in [3.63, 3.8) is 0 Å². The van der Waals surface area contributed by atoms with Gasteiger partial charge in [-0.3, -0.25) is 0 Å². The van der Waals surface area contributed by atoms with Crippen LogP contribution >= 0.6 is 33.9 Å². The number of nitrogens with zero attached hydrogens (tertiary/aromatic N) is 2. The number of halogens is 1. The normalized spacial score (nSPS) is 15.5. The van der Waals surface area contributed by atoms with E-state index in [1.807, 2.05) is 0 Å². The van der Waals surface area contributed by atoms with Gasteiger partial charge in [0.05, 0.1) is 0 Å². The summed E-state index contributed by atoms with van der Waals surface area (Å²) in [7, 11) is 0. The monoisotopic (exact) mass is 328 g/mol. The molecule has 0 aliphatic heterocycles. The first-order chi connectivity index (χ1) is 7.33. The van der Waals surface area contributed by atoms with Gasteiger partial charge in [-0.15, -0.1) is 10.2 Å². The molecule has 2 aromatic rings. The van der Waals surface area contributed by atoms with Gasteiger partial charge in [0, 0.05) is 15.1 Å². The number of aromatic nitrogens is 2. The maximum absolute atomic E-state index is 4.25. The van der Waals surface area contributed by atoms with Gasteiger partial charge in [-0.2, -0.15) is 0 Å². The van der Waals surface area contributed by atoms with E-state index in [2.05, 4.69) is 57.1 Å². The van der Waals surface area contributed by atoms with Crippen molar-refractivity contribution < 1.29 is 0 Å². The van der Waals surface area contributed by atoms with E-state index in [1.54, 1.807) is 11.3 Å². The van der Waals surface area contributed by atoms with Crippen LogP contribution in [-0.4, -0.2) is 10.2 Å². The molecule has 0 amide bonds. The van der Waals surface area contributed by atoms with Crippen LogP contribution in [0, 0.1) is 3.57 Å². The fourth-order valence-corrected chi connectivity index (χ4v) is 3.02. The summed E-state index contributed by atoms with van der Waals surface area (Å²) in [4.78, 5) is 0. The Labute approximate surface area is 106 Å². The zero-order valence-electron chi connectivity index (χ0n) is 7.98. The summed E-state index contributed by atoms with van der Waals surface area (Å²) >= 11 is 4.06. The molecule has 0 atom stereocenters. The Morgan fingerprint density at radius 3 is 2.87 bits per heavy atom. The fraction of sp³-hybridized carbons (Fsp3) is 0.273. The number of benzene rings is 1. The second kappa shape index (κ2) is 3.83. The van der Waals surface area contributed by atoms with Crippen LogP contribution in [0.2, 0.25) is 0 Å². The first-order valence-corrected chi connectivity index (χ1v) is 6.82. The van der Waals surface area contributed by atoms with Crippen LogP contribution in [0.3, 0.4) is 0 Å². The summed E-state index contributed by atoms with van der Waals surface area (Å²) in [5.41, 5.74) is 1.19. The van der Waals surface area contributed by atoms with Gasteiger partial charge in [0.1, 0.15) is 10.0 Å². The average Bonchev–Trinajstić information content (AvgIpc) is 2.97. The second-order valence-corrected chi connectivity index (χ2v) is 5.98. The number of rotatable bonds is 2. The Morgan fingerprint density at radius 1 is 1.27 bits per heavy atom. The fourth-order valence-electron chi connectivity index (χ4n) is 1.47. The summed E-state index contributed by atoms with van der Waals surface area (Å²) in [5, 5.41) is 10.8. The molecule has 1 saturated carbocycles. The van der Waals surface area contributed by atoms with Crippen LogP contribution in [0.15, 0.2) is 24.3 Å². The first-order valence-electron chi connectivity index (χ1n) is 4.92. The maximum Gasteiger partial charge on any atom is 0.147 e. The molecule has 0 spiro atoms. The van der Waals surface area contributed by atoms with Gasteiger partial charge in [0.2, 0.25) is 0 Å². The van der Waals surface area contributed by atoms with Crippen molar-refractivity contribution in [1.29, 1.82) is 0 Å². The lowest BCUT2D eigenvalue weighted by atomic mass is 10.2. The molecule has 1 heterocycles. The molecule has 1 fully saturated rings. The zero-order valence-corrected chi connectivity index (χ0v) is 11.0. The molecule has 0 N–H and O–H groups in total. The van der Waals surface area contributed by atoms with Crippen LogP contribution < -0.4 is 0 Å². The number of hydrogen-bond acceptors (Lipinski definition) is 3. The summed E-state index contributed by atoms with van der Waals surface area (Å²) in [6.07, 6.45) is 2.59. The Balaban J connectivity index is 1.97. The highest BCUT2D eigenvalue weighted by atomic mass is 127. The Kier molecular flexibility index (Phi) is 2.48. The molecular formula is C11H9IN2S. The number of hydrogen-bond donors (Lipinski definition) is 0. The standard InChI is InChI=1S/C11H9IN2S/c12-9-3-1-2-8(6-9)11-14-13-10(15-11)7-4-5-7/h1-3,6-7H,4-5H2. The van der Waals surface area contributed by atoms with Gasteiger partial charge in [-0.1, -0.05) is 23.5 Å². The molecule has 0 saturated heterocycles. The highest BCUT2D eigenvalue weighted by Crippen LogP contribution is 2.42. The Hall–Kier alpha value is -0.490. The van der Waals surface area contributed by atoms with Gasteiger partial charge in [-0.25, -0.2) is 0 Å².